The van der Waals surface area contributed by atoms with Crippen LogP contribution >= 0.6 is 0 Å². The zero-order chi connectivity index (χ0) is 17.2. The zero-order valence-electron chi connectivity index (χ0n) is 14.7. The van der Waals surface area contributed by atoms with Gasteiger partial charge in [-0.1, -0.05) is 12.1 Å². The van der Waals surface area contributed by atoms with Crippen LogP contribution < -0.4 is 20.1 Å². The molecule has 0 amide bonds. The fourth-order valence-corrected chi connectivity index (χ4v) is 2.83. The topological polar surface area (TPSA) is 75.1 Å². The highest BCUT2D eigenvalue weighted by Gasteiger charge is 2.20. The van der Waals surface area contributed by atoms with Crippen molar-refractivity contribution in [1.82, 2.24) is 10.6 Å². The Labute approximate surface area is 144 Å². The molecule has 0 radical (unpaired) electrons. The van der Waals surface area contributed by atoms with Gasteiger partial charge >= 0.3 is 0 Å². The summed E-state index contributed by atoms with van der Waals surface area (Å²) in [5.74, 6) is 2.23. The first-order valence-corrected chi connectivity index (χ1v) is 8.74. The largest absolute Gasteiger partial charge is 0.493 e. The molecule has 6 heteroatoms. The lowest BCUT2D eigenvalue weighted by molar-refractivity contribution is 0.198. The fourth-order valence-electron chi connectivity index (χ4n) is 2.83. The van der Waals surface area contributed by atoms with Crippen LogP contribution in [0.25, 0.3) is 0 Å². The second-order valence-electron chi connectivity index (χ2n) is 5.82. The number of aliphatic hydroxyl groups is 1. The molecule has 134 valence electrons. The van der Waals surface area contributed by atoms with Gasteiger partial charge in [-0.15, -0.1) is 0 Å². The van der Waals surface area contributed by atoms with Crippen molar-refractivity contribution in [2.45, 2.75) is 45.3 Å². The third-order valence-electron chi connectivity index (χ3n) is 4.02. The van der Waals surface area contributed by atoms with Crippen molar-refractivity contribution in [1.29, 1.82) is 0 Å². The van der Waals surface area contributed by atoms with E-state index in [0.29, 0.717) is 19.0 Å². The van der Waals surface area contributed by atoms with Crippen LogP contribution in [0.2, 0.25) is 0 Å². The molecule has 0 saturated heterocycles. The summed E-state index contributed by atoms with van der Waals surface area (Å²) in [6, 6.07) is 5.90. The fraction of sp³-hybridized carbons (Fsp3) is 0.611. The van der Waals surface area contributed by atoms with Gasteiger partial charge in [-0.3, -0.25) is 0 Å². The third-order valence-corrected chi connectivity index (χ3v) is 4.02. The van der Waals surface area contributed by atoms with E-state index in [2.05, 4.69) is 15.6 Å². The summed E-state index contributed by atoms with van der Waals surface area (Å²) in [4.78, 5) is 4.58. The highest BCUT2D eigenvalue weighted by Crippen LogP contribution is 2.35. The molecule has 24 heavy (non-hydrogen) atoms. The molecule has 0 spiro atoms. The maximum absolute atomic E-state index is 8.96. The molecule has 2 rings (SSSR count). The molecular weight excluding hydrogens is 306 g/mol. The second-order valence-corrected chi connectivity index (χ2v) is 5.82. The first-order valence-electron chi connectivity index (χ1n) is 8.74. The molecule has 0 atom stereocenters. The van der Waals surface area contributed by atoms with Crippen LogP contribution in [-0.4, -0.2) is 44.0 Å². The summed E-state index contributed by atoms with van der Waals surface area (Å²) in [6.45, 7) is 3.80. The standard InChI is InChI=1S/C18H29N3O3/c1-3-19-18(20-11-12-22)21-13-14-7-6-10-16(23-2)17(14)24-15-8-4-5-9-15/h6-7,10,15,22H,3-5,8-9,11-13H2,1-2H3,(H2,19,20,21). The minimum absolute atomic E-state index is 0.0691. The minimum atomic E-state index is 0.0691. The van der Waals surface area contributed by atoms with Gasteiger partial charge in [0.05, 0.1) is 26.4 Å². The van der Waals surface area contributed by atoms with E-state index in [1.165, 1.54) is 12.8 Å². The van der Waals surface area contributed by atoms with Crippen molar-refractivity contribution >= 4 is 5.96 Å². The summed E-state index contributed by atoms with van der Waals surface area (Å²) in [5.41, 5.74) is 1.00. The van der Waals surface area contributed by atoms with Gasteiger partial charge in [0, 0.05) is 18.7 Å². The van der Waals surface area contributed by atoms with Gasteiger partial charge in [0.1, 0.15) is 0 Å². The predicted octanol–water partition coefficient (Wildman–Crippen LogP) is 2.06. The predicted molar refractivity (Wildman–Crippen MR) is 95.8 cm³/mol. The molecule has 6 nitrogen and oxygen atoms in total. The number of nitrogens with one attached hydrogen (secondary N) is 2. The van der Waals surface area contributed by atoms with Crippen LogP contribution in [0.3, 0.4) is 0 Å². The molecule has 1 fully saturated rings. The van der Waals surface area contributed by atoms with Crippen molar-refractivity contribution in [3.8, 4) is 11.5 Å². The highest BCUT2D eigenvalue weighted by molar-refractivity contribution is 5.79. The monoisotopic (exact) mass is 335 g/mol. The molecule has 1 aliphatic rings. The lowest BCUT2D eigenvalue weighted by Gasteiger charge is -2.19. The Morgan fingerprint density at radius 3 is 2.75 bits per heavy atom. The maximum atomic E-state index is 8.96. The first-order chi connectivity index (χ1) is 11.8. The van der Waals surface area contributed by atoms with Crippen molar-refractivity contribution < 1.29 is 14.6 Å². The number of methoxy groups -OCH3 is 1. The van der Waals surface area contributed by atoms with Gasteiger partial charge in [0.15, 0.2) is 17.5 Å². The Balaban J connectivity index is 2.14. The van der Waals surface area contributed by atoms with Crippen LogP contribution in [0.1, 0.15) is 38.2 Å². The number of ether oxygens (including phenoxy) is 2. The number of aliphatic hydroxyl groups excluding tert-OH is 1. The van der Waals surface area contributed by atoms with Crippen LogP contribution in [0.5, 0.6) is 11.5 Å². The summed E-state index contributed by atoms with van der Waals surface area (Å²) >= 11 is 0. The number of aliphatic imine (C=N–C) groups is 1. The minimum Gasteiger partial charge on any atom is -0.493 e. The second kappa shape index (κ2) is 10.0. The van der Waals surface area contributed by atoms with Crippen molar-refractivity contribution in [3.63, 3.8) is 0 Å². The molecule has 0 bridgehead atoms. The molecule has 1 aromatic carbocycles. The first kappa shape index (κ1) is 18.4. The maximum Gasteiger partial charge on any atom is 0.191 e. The van der Waals surface area contributed by atoms with Gasteiger partial charge in [0.2, 0.25) is 0 Å². The van der Waals surface area contributed by atoms with Crippen LogP contribution in [0, 0.1) is 0 Å². The molecule has 0 unspecified atom stereocenters. The van der Waals surface area contributed by atoms with E-state index in [9.17, 15) is 0 Å². The van der Waals surface area contributed by atoms with Crippen LogP contribution in [-0.2, 0) is 6.54 Å². The average molecular weight is 335 g/mol. The highest BCUT2D eigenvalue weighted by atomic mass is 16.5. The third kappa shape index (κ3) is 5.30. The van der Waals surface area contributed by atoms with E-state index in [0.717, 1.165) is 36.4 Å². The molecule has 1 aliphatic carbocycles. The molecule has 0 aromatic heterocycles. The Kier molecular flexibility index (Phi) is 7.68. The molecule has 1 saturated carbocycles. The Morgan fingerprint density at radius 2 is 2.08 bits per heavy atom. The summed E-state index contributed by atoms with van der Waals surface area (Å²) < 4.78 is 11.7. The Hall–Kier alpha value is -1.95. The van der Waals surface area contributed by atoms with Crippen LogP contribution in [0.15, 0.2) is 23.2 Å². The van der Waals surface area contributed by atoms with Gasteiger partial charge in [-0.25, -0.2) is 4.99 Å². The van der Waals surface area contributed by atoms with Gasteiger partial charge < -0.3 is 25.2 Å². The molecule has 0 aliphatic heterocycles. The Bertz CT molecular complexity index is 528. The van der Waals surface area contributed by atoms with E-state index < -0.39 is 0 Å². The van der Waals surface area contributed by atoms with E-state index in [-0.39, 0.29) is 12.7 Å². The van der Waals surface area contributed by atoms with E-state index in [4.69, 9.17) is 14.6 Å². The molecule has 0 heterocycles. The van der Waals surface area contributed by atoms with Gasteiger partial charge in [-0.2, -0.15) is 0 Å². The lowest BCUT2D eigenvalue weighted by Crippen LogP contribution is -2.38. The van der Waals surface area contributed by atoms with Crippen molar-refractivity contribution in [2.24, 2.45) is 4.99 Å². The molecular formula is C18H29N3O3. The summed E-state index contributed by atoms with van der Waals surface area (Å²) in [6.07, 6.45) is 4.92. The number of guanidine groups is 1. The van der Waals surface area contributed by atoms with Gasteiger partial charge in [0.25, 0.3) is 0 Å². The van der Waals surface area contributed by atoms with Gasteiger partial charge in [-0.05, 0) is 38.7 Å². The van der Waals surface area contributed by atoms with E-state index in [1.54, 1.807) is 7.11 Å². The number of para-hydroxylation sites is 1. The SMILES string of the molecule is CCNC(=NCc1cccc(OC)c1OC1CCCC1)NCCO. The van der Waals surface area contributed by atoms with Crippen molar-refractivity contribution in [3.05, 3.63) is 23.8 Å². The quantitative estimate of drug-likeness (QED) is 0.501. The smallest absolute Gasteiger partial charge is 0.191 e. The molecule has 1 aromatic rings. The van der Waals surface area contributed by atoms with Crippen LogP contribution in [0.4, 0.5) is 0 Å². The van der Waals surface area contributed by atoms with Crippen molar-refractivity contribution in [2.75, 3.05) is 26.8 Å². The Morgan fingerprint density at radius 1 is 1.29 bits per heavy atom. The average Bonchev–Trinajstić information content (AvgIpc) is 3.11. The summed E-state index contributed by atoms with van der Waals surface area (Å²) in [5, 5.41) is 15.2. The zero-order valence-corrected chi connectivity index (χ0v) is 14.7. The van der Waals surface area contributed by atoms with E-state index >= 15 is 0 Å². The number of rotatable bonds is 8. The number of hydrogen-bond donors (Lipinski definition) is 3. The van der Waals surface area contributed by atoms with E-state index in [1.807, 2.05) is 25.1 Å². The normalized spacial score (nSPS) is 15.4. The number of hydrogen-bond acceptors (Lipinski definition) is 4. The summed E-state index contributed by atoms with van der Waals surface area (Å²) in [7, 11) is 1.66. The molecule has 3 N–H and O–H groups in total. The number of benzene rings is 1. The number of nitrogens with zero attached hydrogens (tertiary/aromatic N) is 1. The lowest BCUT2D eigenvalue weighted by atomic mass is 10.1.